The summed E-state index contributed by atoms with van der Waals surface area (Å²) in [5.74, 6) is 0.583. The van der Waals surface area contributed by atoms with Gasteiger partial charge in [-0.2, -0.15) is 13.2 Å². The van der Waals surface area contributed by atoms with E-state index >= 15 is 0 Å². The Hall–Kier alpha value is -2.50. The summed E-state index contributed by atoms with van der Waals surface area (Å²) >= 11 is 0. The lowest BCUT2D eigenvalue weighted by molar-refractivity contribution is -0.137. The molecule has 1 saturated heterocycles. The molecule has 0 unspecified atom stereocenters. The van der Waals surface area contributed by atoms with Gasteiger partial charge in [-0.05, 0) is 61.7 Å². The molecule has 0 radical (unpaired) electrons. The summed E-state index contributed by atoms with van der Waals surface area (Å²) in [5.41, 5.74) is 2.30. The van der Waals surface area contributed by atoms with Crippen molar-refractivity contribution in [2.75, 3.05) is 18.0 Å². The van der Waals surface area contributed by atoms with E-state index in [1.54, 1.807) is 0 Å². The Labute approximate surface area is 143 Å². The molecule has 0 amide bonds. The van der Waals surface area contributed by atoms with Crippen molar-refractivity contribution in [3.8, 4) is 11.4 Å². The van der Waals surface area contributed by atoms with Crippen LogP contribution in [0.5, 0.6) is 0 Å². The molecule has 2 aromatic carbocycles. The molecular weight excluding hydrogens is 327 g/mol. The fourth-order valence-corrected chi connectivity index (χ4v) is 3.30. The molecule has 0 aliphatic carbocycles. The van der Waals surface area contributed by atoms with Crippen molar-refractivity contribution < 1.29 is 13.2 Å². The van der Waals surface area contributed by atoms with Crippen LogP contribution in [0.2, 0.25) is 0 Å². The molecule has 6 heteroatoms. The third-order valence-corrected chi connectivity index (χ3v) is 4.67. The second-order valence-electron chi connectivity index (χ2n) is 6.41. The van der Waals surface area contributed by atoms with Gasteiger partial charge in [0.2, 0.25) is 0 Å². The Morgan fingerprint density at radius 2 is 1.64 bits per heavy atom. The summed E-state index contributed by atoms with van der Waals surface area (Å²) in [6.07, 6.45) is -0.636. The monoisotopic (exact) mass is 345 g/mol. The first-order valence-electron chi connectivity index (χ1n) is 8.43. The molecular formula is C19H18F3N3. The molecule has 1 aliphatic rings. The first kappa shape index (κ1) is 16.0. The SMILES string of the molecule is FC(F)(F)c1ccc2nc(-c3ccc(N4CCCCC4)cc3)[nH]c2c1. The zero-order chi connectivity index (χ0) is 17.4. The quantitative estimate of drug-likeness (QED) is 0.689. The van der Waals surface area contributed by atoms with Crippen LogP contribution >= 0.6 is 0 Å². The minimum atomic E-state index is -4.35. The molecule has 1 fully saturated rings. The smallest absolute Gasteiger partial charge is 0.372 e. The van der Waals surface area contributed by atoms with E-state index < -0.39 is 11.7 Å². The number of nitrogens with one attached hydrogen (secondary N) is 1. The fraction of sp³-hybridized carbons (Fsp3) is 0.316. The van der Waals surface area contributed by atoms with E-state index in [0.29, 0.717) is 16.9 Å². The highest BCUT2D eigenvalue weighted by Crippen LogP contribution is 2.32. The van der Waals surface area contributed by atoms with E-state index in [0.717, 1.165) is 30.8 Å². The standard InChI is InChI=1S/C19H18F3N3/c20-19(21,22)14-6-9-16-17(12-14)24-18(23-16)13-4-7-15(8-5-13)25-10-2-1-3-11-25/h4-9,12H,1-3,10-11H2,(H,23,24). The number of nitrogens with zero attached hydrogens (tertiary/aromatic N) is 2. The van der Waals surface area contributed by atoms with Crippen LogP contribution in [0.15, 0.2) is 42.5 Å². The van der Waals surface area contributed by atoms with Crippen LogP contribution in [0, 0.1) is 0 Å². The number of benzene rings is 2. The molecule has 1 N–H and O–H groups in total. The Kier molecular flexibility index (Phi) is 3.90. The number of piperidine rings is 1. The van der Waals surface area contributed by atoms with Crippen LogP contribution in [-0.4, -0.2) is 23.1 Å². The van der Waals surface area contributed by atoms with E-state index in [-0.39, 0.29) is 0 Å². The largest absolute Gasteiger partial charge is 0.416 e. The van der Waals surface area contributed by atoms with Gasteiger partial charge in [0.1, 0.15) is 5.82 Å². The Balaban J connectivity index is 1.62. The highest BCUT2D eigenvalue weighted by atomic mass is 19.4. The number of alkyl halides is 3. The van der Waals surface area contributed by atoms with Gasteiger partial charge in [0.05, 0.1) is 16.6 Å². The topological polar surface area (TPSA) is 31.9 Å². The number of aromatic amines is 1. The molecule has 0 atom stereocenters. The van der Waals surface area contributed by atoms with Crippen LogP contribution < -0.4 is 4.90 Å². The highest BCUT2D eigenvalue weighted by Gasteiger charge is 2.30. The predicted octanol–water partition coefficient (Wildman–Crippen LogP) is 5.24. The zero-order valence-electron chi connectivity index (χ0n) is 13.6. The maximum absolute atomic E-state index is 12.8. The minimum Gasteiger partial charge on any atom is -0.372 e. The van der Waals surface area contributed by atoms with E-state index in [1.807, 2.05) is 12.1 Å². The summed E-state index contributed by atoms with van der Waals surface area (Å²) < 4.78 is 38.5. The number of fused-ring (bicyclic) bond motifs is 1. The van der Waals surface area contributed by atoms with Crippen LogP contribution in [0.4, 0.5) is 18.9 Å². The van der Waals surface area contributed by atoms with Gasteiger partial charge in [0.15, 0.2) is 0 Å². The minimum absolute atomic E-state index is 0.393. The summed E-state index contributed by atoms with van der Waals surface area (Å²) in [6.45, 7) is 2.15. The lowest BCUT2D eigenvalue weighted by Crippen LogP contribution is -2.29. The number of aromatic nitrogens is 2. The van der Waals surface area contributed by atoms with Crippen molar-refractivity contribution in [3.05, 3.63) is 48.0 Å². The zero-order valence-corrected chi connectivity index (χ0v) is 13.6. The lowest BCUT2D eigenvalue weighted by atomic mass is 10.1. The average Bonchev–Trinajstić information content (AvgIpc) is 3.05. The van der Waals surface area contributed by atoms with Crippen molar-refractivity contribution in [2.24, 2.45) is 0 Å². The maximum Gasteiger partial charge on any atom is 0.416 e. The van der Waals surface area contributed by atoms with E-state index in [1.165, 1.54) is 31.0 Å². The normalized spacial score (nSPS) is 15.7. The number of rotatable bonds is 2. The van der Waals surface area contributed by atoms with Gasteiger partial charge in [0, 0.05) is 24.3 Å². The van der Waals surface area contributed by atoms with E-state index in [9.17, 15) is 13.2 Å². The first-order chi connectivity index (χ1) is 12.0. The van der Waals surface area contributed by atoms with Crippen molar-refractivity contribution in [2.45, 2.75) is 25.4 Å². The Morgan fingerprint density at radius 3 is 2.32 bits per heavy atom. The molecule has 3 aromatic rings. The van der Waals surface area contributed by atoms with E-state index in [4.69, 9.17) is 0 Å². The summed E-state index contributed by atoms with van der Waals surface area (Å²) in [4.78, 5) is 9.77. The molecule has 0 spiro atoms. The molecule has 25 heavy (non-hydrogen) atoms. The number of hydrogen-bond donors (Lipinski definition) is 1. The van der Waals surface area contributed by atoms with E-state index in [2.05, 4.69) is 27.0 Å². The molecule has 2 heterocycles. The first-order valence-corrected chi connectivity index (χ1v) is 8.43. The summed E-state index contributed by atoms with van der Waals surface area (Å²) in [7, 11) is 0. The molecule has 1 aromatic heterocycles. The van der Waals surface area contributed by atoms with Gasteiger partial charge in [-0.15, -0.1) is 0 Å². The molecule has 130 valence electrons. The van der Waals surface area contributed by atoms with Crippen LogP contribution in [0.25, 0.3) is 22.4 Å². The number of halogens is 3. The second-order valence-corrected chi connectivity index (χ2v) is 6.41. The Bertz CT molecular complexity index is 875. The molecule has 4 rings (SSSR count). The van der Waals surface area contributed by atoms with Crippen LogP contribution in [0.3, 0.4) is 0 Å². The summed E-state index contributed by atoms with van der Waals surface area (Å²) in [6, 6.07) is 11.6. The molecule has 1 aliphatic heterocycles. The highest BCUT2D eigenvalue weighted by molar-refractivity contribution is 5.80. The van der Waals surface area contributed by atoms with Crippen molar-refractivity contribution in [1.82, 2.24) is 9.97 Å². The third kappa shape index (κ3) is 3.21. The van der Waals surface area contributed by atoms with Crippen molar-refractivity contribution >= 4 is 16.7 Å². The number of H-pyrrole nitrogens is 1. The molecule has 0 bridgehead atoms. The predicted molar refractivity (Wildman–Crippen MR) is 92.6 cm³/mol. The second kappa shape index (κ2) is 6.10. The number of imidazole rings is 1. The number of anilines is 1. The van der Waals surface area contributed by atoms with Crippen molar-refractivity contribution in [1.29, 1.82) is 0 Å². The molecule has 0 saturated carbocycles. The van der Waals surface area contributed by atoms with Crippen LogP contribution in [-0.2, 0) is 6.18 Å². The maximum atomic E-state index is 12.8. The fourth-order valence-electron chi connectivity index (χ4n) is 3.30. The lowest BCUT2D eigenvalue weighted by Gasteiger charge is -2.28. The third-order valence-electron chi connectivity index (χ3n) is 4.67. The van der Waals surface area contributed by atoms with Crippen molar-refractivity contribution in [3.63, 3.8) is 0 Å². The van der Waals surface area contributed by atoms with Crippen LogP contribution in [0.1, 0.15) is 24.8 Å². The average molecular weight is 345 g/mol. The van der Waals surface area contributed by atoms with Gasteiger partial charge in [-0.1, -0.05) is 0 Å². The molecule has 3 nitrogen and oxygen atoms in total. The van der Waals surface area contributed by atoms with Gasteiger partial charge in [-0.3, -0.25) is 0 Å². The Morgan fingerprint density at radius 1 is 0.920 bits per heavy atom. The van der Waals surface area contributed by atoms with Gasteiger partial charge < -0.3 is 9.88 Å². The van der Waals surface area contributed by atoms with Gasteiger partial charge >= 0.3 is 6.18 Å². The number of hydrogen-bond acceptors (Lipinski definition) is 2. The van der Waals surface area contributed by atoms with Gasteiger partial charge in [-0.25, -0.2) is 4.98 Å². The van der Waals surface area contributed by atoms with Gasteiger partial charge in [0.25, 0.3) is 0 Å². The summed E-state index contributed by atoms with van der Waals surface area (Å²) in [5, 5.41) is 0.